The zero-order valence-electron chi connectivity index (χ0n) is 27.1. The van der Waals surface area contributed by atoms with Crippen LogP contribution in [0.15, 0.2) is 164 Å². The molecule has 0 unspecified atom stereocenters. The first-order chi connectivity index (χ1) is 23.8. The highest BCUT2D eigenvalue weighted by Crippen LogP contribution is 2.44. The van der Waals surface area contributed by atoms with E-state index in [0.29, 0.717) is 0 Å². The van der Waals surface area contributed by atoms with Crippen molar-refractivity contribution in [1.29, 1.82) is 0 Å². The molecule has 2 nitrogen and oxygen atoms in total. The van der Waals surface area contributed by atoms with Gasteiger partial charge in [0.1, 0.15) is 0 Å². The van der Waals surface area contributed by atoms with Gasteiger partial charge in [-0.2, -0.15) is 0 Å². The minimum Gasteiger partial charge on any atom is -0.309 e. The average Bonchev–Trinajstić information content (AvgIpc) is 3.67. The van der Waals surface area contributed by atoms with E-state index >= 15 is 0 Å². The Morgan fingerprint density at radius 3 is 1.52 bits per heavy atom. The monoisotopic (exact) mass is 616 g/mol. The van der Waals surface area contributed by atoms with Gasteiger partial charge in [-0.3, -0.25) is 0 Å². The van der Waals surface area contributed by atoms with Crippen molar-refractivity contribution in [1.82, 2.24) is 9.13 Å². The Balaban J connectivity index is 1.36. The predicted molar refractivity (Wildman–Crippen MR) is 205 cm³/mol. The highest BCUT2D eigenvalue weighted by Gasteiger charge is 2.22. The van der Waals surface area contributed by atoms with Gasteiger partial charge in [0.05, 0.1) is 33.4 Å². The number of para-hydroxylation sites is 4. The third kappa shape index (κ3) is 4.48. The van der Waals surface area contributed by atoms with Crippen LogP contribution in [-0.4, -0.2) is 9.13 Å². The molecule has 0 spiro atoms. The fraction of sp³-hybridized carbons (Fsp3) is 0.0870. The van der Waals surface area contributed by atoms with Gasteiger partial charge in [-0.15, -0.1) is 0 Å². The molecule has 0 fully saturated rings. The number of nitrogens with zero attached hydrogens (tertiary/aromatic N) is 2. The first kappa shape index (κ1) is 28.4. The van der Waals surface area contributed by atoms with Gasteiger partial charge in [-0.05, 0) is 65.9 Å². The standard InChI is InChI=1S/C46H36N2/c1-2-3-16-32-17-15-20-34(31-32)36-22-8-12-26-40(36)48-42-28-14-10-24-38(42)46-44(48)30-29-43-45(46)37-23-9-13-27-41(37)47(43)39-25-11-7-21-35(39)33-18-5-4-6-19-33/h4-15,17-31H,2-3,16H2,1H3. The van der Waals surface area contributed by atoms with Crippen molar-refractivity contribution in [2.45, 2.75) is 26.2 Å². The average molecular weight is 617 g/mol. The largest absolute Gasteiger partial charge is 0.309 e. The fourth-order valence-corrected chi connectivity index (χ4v) is 7.76. The zero-order chi connectivity index (χ0) is 32.0. The zero-order valence-corrected chi connectivity index (χ0v) is 27.1. The number of unbranched alkanes of at least 4 members (excludes halogenated alkanes) is 1. The van der Waals surface area contributed by atoms with Crippen LogP contribution < -0.4 is 0 Å². The van der Waals surface area contributed by atoms with Crippen molar-refractivity contribution in [3.8, 4) is 33.6 Å². The summed E-state index contributed by atoms with van der Waals surface area (Å²) in [4.78, 5) is 0. The van der Waals surface area contributed by atoms with E-state index in [1.54, 1.807) is 0 Å². The highest BCUT2D eigenvalue weighted by molar-refractivity contribution is 6.29. The van der Waals surface area contributed by atoms with Crippen molar-refractivity contribution in [2.24, 2.45) is 0 Å². The quantitative estimate of drug-likeness (QED) is 0.169. The molecule has 2 aromatic heterocycles. The molecule has 7 aromatic carbocycles. The van der Waals surface area contributed by atoms with Gasteiger partial charge >= 0.3 is 0 Å². The predicted octanol–water partition coefficient (Wildman–Crippen LogP) is 12.6. The molecule has 230 valence electrons. The third-order valence-corrected chi connectivity index (χ3v) is 9.90. The van der Waals surface area contributed by atoms with Gasteiger partial charge in [0.25, 0.3) is 0 Å². The van der Waals surface area contributed by atoms with Crippen molar-refractivity contribution in [3.05, 3.63) is 169 Å². The van der Waals surface area contributed by atoms with E-state index in [-0.39, 0.29) is 0 Å². The third-order valence-electron chi connectivity index (χ3n) is 9.90. The van der Waals surface area contributed by atoms with Crippen molar-refractivity contribution in [3.63, 3.8) is 0 Å². The molecular formula is C46H36N2. The maximum atomic E-state index is 2.49. The lowest BCUT2D eigenvalue weighted by Crippen LogP contribution is -1.98. The summed E-state index contributed by atoms with van der Waals surface area (Å²) in [6, 6.07) is 60.1. The van der Waals surface area contributed by atoms with Crippen LogP contribution in [0.3, 0.4) is 0 Å². The van der Waals surface area contributed by atoms with E-state index in [9.17, 15) is 0 Å². The SMILES string of the molecule is CCCCc1cccc(-c2ccccc2-n2c3ccccc3c3c4c5ccccc5n(-c5ccccc5-c5ccccc5)c4ccc32)c1. The molecule has 9 rings (SSSR count). The summed E-state index contributed by atoms with van der Waals surface area (Å²) in [6.45, 7) is 2.26. The van der Waals surface area contributed by atoms with E-state index < -0.39 is 0 Å². The normalized spacial score (nSPS) is 11.7. The summed E-state index contributed by atoms with van der Waals surface area (Å²) in [7, 11) is 0. The van der Waals surface area contributed by atoms with Gasteiger partial charge in [0.2, 0.25) is 0 Å². The first-order valence-corrected chi connectivity index (χ1v) is 17.1. The fourth-order valence-electron chi connectivity index (χ4n) is 7.76. The summed E-state index contributed by atoms with van der Waals surface area (Å²) >= 11 is 0. The van der Waals surface area contributed by atoms with Gasteiger partial charge in [0.15, 0.2) is 0 Å². The number of benzene rings is 7. The molecule has 0 aliphatic carbocycles. The van der Waals surface area contributed by atoms with Crippen molar-refractivity contribution < 1.29 is 0 Å². The van der Waals surface area contributed by atoms with Gasteiger partial charge in [0, 0.05) is 32.7 Å². The maximum Gasteiger partial charge on any atom is 0.0549 e. The molecule has 0 bridgehead atoms. The van der Waals surface area contributed by atoms with Gasteiger partial charge in [-0.25, -0.2) is 0 Å². The van der Waals surface area contributed by atoms with Crippen LogP contribution in [0.4, 0.5) is 0 Å². The minimum atomic E-state index is 1.11. The Hall–Kier alpha value is -5.86. The summed E-state index contributed by atoms with van der Waals surface area (Å²) in [5.74, 6) is 0. The molecule has 0 saturated heterocycles. The second-order valence-electron chi connectivity index (χ2n) is 12.8. The Labute approximate surface area is 281 Å². The minimum absolute atomic E-state index is 1.11. The molecule has 9 aromatic rings. The molecule has 0 radical (unpaired) electrons. The van der Waals surface area contributed by atoms with Crippen LogP contribution in [0.25, 0.3) is 77.2 Å². The number of aromatic nitrogens is 2. The van der Waals surface area contributed by atoms with Crippen LogP contribution in [0, 0.1) is 0 Å². The summed E-state index contributed by atoms with van der Waals surface area (Å²) in [5, 5.41) is 5.12. The number of aryl methyl sites for hydroxylation is 1. The molecule has 0 aliphatic rings. The van der Waals surface area contributed by atoms with Crippen LogP contribution in [0.1, 0.15) is 25.3 Å². The number of fused-ring (bicyclic) bond motifs is 7. The number of hydrogen-bond acceptors (Lipinski definition) is 0. The molecule has 48 heavy (non-hydrogen) atoms. The highest BCUT2D eigenvalue weighted by atomic mass is 15.0. The molecule has 2 heteroatoms. The van der Waals surface area contributed by atoms with Crippen LogP contribution in [0.5, 0.6) is 0 Å². The Kier molecular flexibility index (Phi) is 6.94. The van der Waals surface area contributed by atoms with E-state index in [2.05, 4.69) is 180 Å². The Morgan fingerprint density at radius 2 is 0.917 bits per heavy atom. The molecule has 2 heterocycles. The Bertz CT molecular complexity index is 2600. The lowest BCUT2D eigenvalue weighted by Gasteiger charge is -2.15. The topological polar surface area (TPSA) is 9.86 Å². The van der Waals surface area contributed by atoms with Crippen LogP contribution >= 0.6 is 0 Å². The van der Waals surface area contributed by atoms with E-state index in [4.69, 9.17) is 0 Å². The number of hydrogen-bond donors (Lipinski definition) is 0. The first-order valence-electron chi connectivity index (χ1n) is 17.1. The second kappa shape index (κ2) is 11.7. The van der Waals surface area contributed by atoms with Crippen molar-refractivity contribution >= 4 is 43.6 Å². The van der Waals surface area contributed by atoms with Gasteiger partial charge < -0.3 is 9.13 Å². The van der Waals surface area contributed by atoms with Crippen molar-refractivity contribution in [2.75, 3.05) is 0 Å². The molecule has 0 atom stereocenters. The lowest BCUT2D eigenvalue weighted by molar-refractivity contribution is 0.795. The molecule has 0 N–H and O–H groups in total. The summed E-state index contributed by atoms with van der Waals surface area (Å²) < 4.78 is 4.95. The lowest BCUT2D eigenvalue weighted by atomic mass is 9.99. The molecular weight excluding hydrogens is 581 g/mol. The number of rotatable bonds is 7. The second-order valence-corrected chi connectivity index (χ2v) is 12.8. The Morgan fingerprint density at radius 1 is 0.417 bits per heavy atom. The van der Waals surface area contributed by atoms with Crippen LogP contribution in [-0.2, 0) is 6.42 Å². The molecule has 0 amide bonds. The molecule has 0 saturated carbocycles. The van der Waals surface area contributed by atoms with E-state index in [1.807, 2.05) is 0 Å². The van der Waals surface area contributed by atoms with E-state index in [0.717, 1.165) is 6.42 Å². The molecule has 0 aliphatic heterocycles. The summed E-state index contributed by atoms with van der Waals surface area (Å²) in [6.07, 6.45) is 3.51. The maximum absolute atomic E-state index is 2.49. The smallest absolute Gasteiger partial charge is 0.0549 e. The van der Waals surface area contributed by atoms with Gasteiger partial charge in [-0.1, -0.05) is 141 Å². The van der Waals surface area contributed by atoms with E-state index in [1.165, 1.54) is 95.6 Å². The summed E-state index contributed by atoms with van der Waals surface area (Å²) in [5.41, 5.74) is 13.6. The van der Waals surface area contributed by atoms with Crippen LogP contribution in [0.2, 0.25) is 0 Å².